The highest BCUT2D eigenvalue weighted by molar-refractivity contribution is 7.51. The van der Waals surface area contributed by atoms with Gasteiger partial charge in [0.25, 0.3) is 0 Å². The van der Waals surface area contributed by atoms with Crippen LogP contribution >= 0.6 is 8.15 Å². The second kappa shape index (κ2) is 7.10. The molecular formula is C13H25O3P. The van der Waals surface area contributed by atoms with E-state index in [-0.39, 0.29) is 23.1 Å². The van der Waals surface area contributed by atoms with Gasteiger partial charge in [-0.25, -0.2) is 0 Å². The summed E-state index contributed by atoms with van der Waals surface area (Å²) in [5.41, 5.74) is 0.00828. The fourth-order valence-electron chi connectivity index (χ4n) is 1.76. The summed E-state index contributed by atoms with van der Waals surface area (Å²) in [5.74, 6) is 0.159. The standard InChI is InChI=1S/C13H25O3P/c1-10(11(2)14)9-13(3,4)8-7-12(15)16-17(5)6/h10H,7-9H2,1-6H3. The van der Waals surface area contributed by atoms with E-state index in [1.54, 1.807) is 6.92 Å². The molecule has 0 aliphatic heterocycles. The smallest absolute Gasteiger partial charge is 0.308 e. The third-order valence-electron chi connectivity index (χ3n) is 2.84. The highest BCUT2D eigenvalue weighted by Crippen LogP contribution is 2.33. The largest absolute Gasteiger partial charge is 0.446 e. The van der Waals surface area contributed by atoms with E-state index in [0.29, 0.717) is 6.42 Å². The average Bonchev–Trinajstić information content (AvgIpc) is 2.13. The van der Waals surface area contributed by atoms with Gasteiger partial charge in [-0.15, -0.1) is 0 Å². The van der Waals surface area contributed by atoms with E-state index in [1.165, 1.54) is 0 Å². The summed E-state index contributed by atoms with van der Waals surface area (Å²) in [6, 6.07) is 0. The van der Waals surface area contributed by atoms with E-state index in [2.05, 4.69) is 13.8 Å². The molecule has 0 aromatic carbocycles. The SMILES string of the molecule is CC(=O)C(C)CC(C)(C)CCC(=O)OP(C)C. The zero-order chi connectivity index (χ0) is 13.6. The number of ketones is 1. The van der Waals surface area contributed by atoms with Crippen molar-refractivity contribution in [2.45, 2.75) is 47.0 Å². The average molecular weight is 260 g/mol. The Morgan fingerprint density at radius 1 is 1.29 bits per heavy atom. The first-order chi connectivity index (χ1) is 7.64. The van der Waals surface area contributed by atoms with Gasteiger partial charge >= 0.3 is 5.97 Å². The molecule has 100 valence electrons. The van der Waals surface area contributed by atoms with Crippen molar-refractivity contribution in [1.29, 1.82) is 0 Å². The van der Waals surface area contributed by atoms with E-state index in [4.69, 9.17) is 4.52 Å². The van der Waals surface area contributed by atoms with Crippen molar-refractivity contribution < 1.29 is 14.1 Å². The van der Waals surface area contributed by atoms with Gasteiger partial charge in [0, 0.05) is 12.3 Å². The molecule has 0 amide bonds. The Balaban J connectivity index is 4.09. The molecule has 17 heavy (non-hydrogen) atoms. The highest BCUT2D eigenvalue weighted by atomic mass is 31.1. The van der Waals surface area contributed by atoms with E-state index < -0.39 is 8.15 Å². The van der Waals surface area contributed by atoms with Crippen LogP contribution in [0.2, 0.25) is 0 Å². The summed E-state index contributed by atoms with van der Waals surface area (Å²) in [6.07, 6.45) is 2.04. The van der Waals surface area contributed by atoms with Gasteiger partial charge in [-0.05, 0) is 38.5 Å². The van der Waals surface area contributed by atoms with Gasteiger partial charge in [0.2, 0.25) is 0 Å². The Morgan fingerprint density at radius 2 is 1.82 bits per heavy atom. The Kier molecular flexibility index (Phi) is 6.92. The molecule has 0 aromatic rings. The third kappa shape index (κ3) is 8.31. The van der Waals surface area contributed by atoms with Crippen LogP contribution in [0.25, 0.3) is 0 Å². The van der Waals surface area contributed by atoms with Crippen LogP contribution in [0, 0.1) is 11.3 Å². The van der Waals surface area contributed by atoms with Gasteiger partial charge in [-0.3, -0.25) is 9.59 Å². The summed E-state index contributed by atoms with van der Waals surface area (Å²) >= 11 is 0. The Morgan fingerprint density at radius 3 is 2.24 bits per heavy atom. The minimum absolute atomic E-state index is 0.00828. The van der Waals surface area contributed by atoms with Gasteiger partial charge in [0.1, 0.15) is 5.78 Å². The summed E-state index contributed by atoms with van der Waals surface area (Å²) in [6.45, 7) is 11.6. The molecule has 0 saturated carbocycles. The Labute approximate surface area is 106 Å². The molecule has 0 aliphatic rings. The Bertz CT molecular complexity index is 272. The van der Waals surface area contributed by atoms with Crippen molar-refractivity contribution >= 4 is 19.9 Å². The molecule has 0 N–H and O–H groups in total. The fourth-order valence-corrected chi connectivity index (χ4v) is 2.26. The van der Waals surface area contributed by atoms with E-state index in [1.807, 2.05) is 20.3 Å². The molecule has 4 heteroatoms. The lowest BCUT2D eigenvalue weighted by atomic mass is 9.79. The highest BCUT2D eigenvalue weighted by Gasteiger charge is 2.24. The first-order valence-electron chi connectivity index (χ1n) is 6.02. The molecule has 0 heterocycles. The molecule has 3 nitrogen and oxygen atoms in total. The van der Waals surface area contributed by atoms with Gasteiger partial charge in [-0.2, -0.15) is 0 Å². The van der Waals surface area contributed by atoms with Crippen LogP contribution in [0.4, 0.5) is 0 Å². The number of hydrogen-bond acceptors (Lipinski definition) is 3. The van der Waals surface area contributed by atoms with Crippen LogP contribution in [0.3, 0.4) is 0 Å². The maximum absolute atomic E-state index is 11.4. The van der Waals surface area contributed by atoms with Gasteiger partial charge in [0.05, 0.1) is 8.15 Å². The maximum atomic E-state index is 11.4. The summed E-state index contributed by atoms with van der Waals surface area (Å²) in [4.78, 5) is 22.7. The third-order valence-corrected chi connectivity index (χ3v) is 3.41. The summed E-state index contributed by atoms with van der Waals surface area (Å²) < 4.78 is 5.16. The van der Waals surface area contributed by atoms with Gasteiger partial charge in [0.15, 0.2) is 0 Å². The minimum Gasteiger partial charge on any atom is -0.446 e. The Hall–Kier alpha value is -0.430. The lowest BCUT2D eigenvalue weighted by molar-refractivity contribution is -0.134. The van der Waals surface area contributed by atoms with Crippen molar-refractivity contribution in [3.63, 3.8) is 0 Å². The predicted octanol–water partition coefficient (Wildman–Crippen LogP) is 3.61. The fraction of sp³-hybridized carbons (Fsp3) is 0.846. The lowest BCUT2D eigenvalue weighted by Crippen LogP contribution is -2.20. The normalized spacial score (nSPS) is 13.6. The quantitative estimate of drug-likeness (QED) is 0.657. The minimum atomic E-state index is -0.618. The molecule has 0 rings (SSSR count). The molecule has 0 saturated heterocycles. The number of rotatable bonds is 7. The van der Waals surface area contributed by atoms with E-state index in [9.17, 15) is 9.59 Å². The zero-order valence-electron chi connectivity index (χ0n) is 11.9. The number of carbonyl (C=O) groups is 2. The van der Waals surface area contributed by atoms with Crippen LogP contribution in [0.15, 0.2) is 0 Å². The lowest BCUT2D eigenvalue weighted by Gasteiger charge is -2.26. The second-order valence-electron chi connectivity index (χ2n) is 5.66. The van der Waals surface area contributed by atoms with Crippen LogP contribution in [0.1, 0.15) is 47.0 Å². The molecule has 0 spiro atoms. The maximum Gasteiger partial charge on any atom is 0.308 e. The first-order valence-corrected chi connectivity index (χ1v) is 8.18. The first kappa shape index (κ1) is 16.6. The molecular weight excluding hydrogens is 235 g/mol. The van der Waals surface area contributed by atoms with E-state index in [0.717, 1.165) is 12.8 Å². The zero-order valence-corrected chi connectivity index (χ0v) is 12.8. The molecule has 1 unspecified atom stereocenters. The topological polar surface area (TPSA) is 43.4 Å². The van der Waals surface area contributed by atoms with Crippen molar-refractivity contribution in [2.24, 2.45) is 11.3 Å². The second-order valence-corrected chi connectivity index (χ2v) is 7.46. The van der Waals surface area contributed by atoms with E-state index >= 15 is 0 Å². The van der Waals surface area contributed by atoms with Crippen LogP contribution in [-0.2, 0) is 14.1 Å². The molecule has 0 bridgehead atoms. The van der Waals surface area contributed by atoms with Crippen LogP contribution < -0.4 is 0 Å². The van der Waals surface area contributed by atoms with Crippen LogP contribution in [0.5, 0.6) is 0 Å². The summed E-state index contributed by atoms with van der Waals surface area (Å²) in [7, 11) is -0.618. The number of carbonyl (C=O) groups excluding carboxylic acids is 2. The van der Waals surface area contributed by atoms with Crippen molar-refractivity contribution in [2.75, 3.05) is 13.3 Å². The van der Waals surface area contributed by atoms with Crippen molar-refractivity contribution in [3.8, 4) is 0 Å². The summed E-state index contributed by atoms with van der Waals surface area (Å²) in [5, 5.41) is 0. The molecule has 0 fully saturated rings. The monoisotopic (exact) mass is 260 g/mol. The molecule has 0 aliphatic carbocycles. The molecule has 1 atom stereocenters. The predicted molar refractivity (Wildman–Crippen MR) is 72.3 cm³/mol. The van der Waals surface area contributed by atoms with Crippen molar-refractivity contribution in [1.82, 2.24) is 0 Å². The van der Waals surface area contributed by atoms with Gasteiger partial charge < -0.3 is 4.52 Å². The number of hydrogen-bond donors (Lipinski definition) is 0. The van der Waals surface area contributed by atoms with Gasteiger partial charge in [-0.1, -0.05) is 20.8 Å². The van der Waals surface area contributed by atoms with Crippen LogP contribution in [-0.4, -0.2) is 25.1 Å². The molecule has 0 radical (unpaired) electrons. The molecule has 0 aromatic heterocycles. The number of Topliss-reactive ketones (excluding diaryl/α,β-unsaturated/α-hetero) is 1. The van der Waals surface area contributed by atoms with Crippen molar-refractivity contribution in [3.05, 3.63) is 0 Å².